The van der Waals surface area contributed by atoms with Gasteiger partial charge in [-0.05, 0) is 37.6 Å². The van der Waals surface area contributed by atoms with Crippen molar-refractivity contribution in [1.29, 1.82) is 0 Å². The molecule has 0 aromatic rings. The Kier molecular flexibility index (Phi) is 4.14. The molecule has 0 heterocycles. The number of carboxylic acids is 1. The molecule has 0 aliphatic heterocycles. The molecule has 3 unspecified atom stereocenters. The average Bonchev–Trinajstić information content (AvgIpc) is 2.11. The Morgan fingerprint density at radius 2 is 2.20 bits per heavy atom. The molecule has 0 amide bonds. The summed E-state index contributed by atoms with van der Waals surface area (Å²) in [5.41, 5.74) is -0.160. The van der Waals surface area contributed by atoms with Crippen LogP contribution in [0.2, 0.25) is 0 Å². The largest absolute Gasteiger partial charge is 0.481 e. The maximum Gasteiger partial charge on any atom is 0.305 e. The summed E-state index contributed by atoms with van der Waals surface area (Å²) in [5.74, 6) is 0.509. The topological polar surface area (TPSA) is 49.3 Å². The molecule has 88 valence electrons. The lowest BCUT2D eigenvalue weighted by atomic mass is 9.68. The van der Waals surface area contributed by atoms with Gasteiger partial charge in [-0.3, -0.25) is 4.79 Å². The highest BCUT2D eigenvalue weighted by Gasteiger charge is 2.40. The van der Waals surface area contributed by atoms with Crippen LogP contribution in [0.4, 0.5) is 0 Å². The summed E-state index contributed by atoms with van der Waals surface area (Å²) in [7, 11) is 0. The molecule has 0 radical (unpaired) electrons. The van der Waals surface area contributed by atoms with E-state index in [-0.39, 0.29) is 12.0 Å². The molecule has 15 heavy (non-hydrogen) atoms. The van der Waals surface area contributed by atoms with Crippen molar-refractivity contribution in [3.8, 4) is 0 Å². The van der Waals surface area contributed by atoms with Crippen molar-refractivity contribution in [2.75, 3.05) is 6.54 Å². The first-order valence-corrected chi connectivity index (χ1v) is 5.97. The molecule has 0 saturated heterocycles. The number of aliphatic carboxylic acids is 1. The van der Waals surface area contributed by atoms with Gasteiger partial charge < -0.3 is 10.4 Å². The standard InChI is InChI=1S/C12H23NO2/c1-4-13-12(8-11(14)15)6-5-9(2)7-10(12)3/h9-10,13H,4-8H2,1-3H3,(H,14,15). The van der Waals surface area contributed by atoms with Crippen LogP contribution >= 0.6 is 0 Å². The fraction of sp³-hybridized carbons (Fsp3) is 0.917. The third-order valence-electron chi connectivity index (χ3n) is 3.78. The molecule has 0 bridgehead atoms. The van der Waals surface area contributed by atoms with Crippen molar-refractivity contribution in [2.24, 2.45) is 11.8 Å². The Morgan fingerprint density at radius 1 is 1.53 bits per heavy atom. The lowest BCUT2D eigenvalue weighted by molar-refractivity contribution is -0.140. The van der Waals surface area contributed by atoms with Crippen LogP contribution in [0.1, 0.15) is 46.5 Å². The van der Waals surface area contributed by atoms with Crippen LogP contribution in [0, 0.1) is 11.8 Å². The fourth-order valence-electron chi connectivity index (χ4n) is 2.91. The highest BCUT2D eigenvalue weighted by atomic mass is 16.4. The zero-order valence-corrected chi connectivity index (χ0v) is 10.0. The Hall–Kier alpha value is -0.570. The van der Waals surface area contributed by atoms with Crippen molar-refractivity contribution in [1.82, 2.24) is 5.32 Å². The predicted molar refractivity (Wildman–Crippen MR) is 60.8 cm³/mol. The monoisotopic (exact) mass is 213 g/mol. The second-order valence-electron chi connectivity index (χ2n) is 5.04. The Labute approximate surface area is 92.3 Å². The van der Waals surface area contributed by atoms with Crippen LogP contribution in [-0.2, 0) is 4.79 Å². The number of carboxylic acid groups (broad SMARTS) is 1. The molecule has 0 aromatic heterocycles. The lowest BCUT2D eigenvalue weighted by Crippen LogP contribution is -2.54. The first kappa shape index (κ1) is 12.5. The summed E-state index contributed by atoms with van der Waals surface area (Å²) in [4.78, 5) is 10.9. The minimum absolute atomic E-state index is 0.160. The average molecular weight is 213 g/mol. The van der Waals surface area contributed by atoms with Gasteiger partial charge in [0.15, 0.2) is 0 Å². The van der Waals surface area contributed by atoms with Gasteiger partial charge in [0.05, 0.1) is 6.42 Å². The number of rotatable bonds is 4. The minimum atomic E-state index is -0.683. The van der Waals surface area contributed by atoms with Crippen LogP contribution in [-0.4, -0.2) is 23.2 Å². The number of hydrogen-bond acceptors (Lipinski definition) is 2. The second kappa shape index (κ2) is 4.97. The quantitative estimate of drug-likeness (QED) is 0.753. The van der Waals surface area contributed by atoms with Gasteiger partial charge in [0.2, 0.25) is 0 Å². The number of hydrogen-bond donors (Lipinski definition) is 2. The van der Waals surface area contributed by atoms with Crippen molar-refractivity contribution in [3.63, 3.8) is 0 Å². The van der Waals surface area contributed by atoms with E-state index < -0.39 is 5.97 Å². The smallest absolute Gasteiger partial charge is 0.305 e. The van der Waals surface area contributed by atoms with Crippen LogP contribution in [0.25, 0.3) is 0 Å². The van der Waals surface area contributed by atoms with E-state index in [0.717, 1.165) is 31.7 Å². The first-order valence-electron chi connectivity index (χ1n) is 5.97. The summed E-state index contributed by atoms with van der Waals surface area (Å²) in [6.45, 7) is 7.34. The third kappa shape index (κ3) is 2.94. The molecule has 1 aliphatic rings. The zero-order chi connectivity index (χ0) is 11.5. The molecular weight excluding hydrogens is 190 g/mol. The van der Waals surface area contributed by atoms with E-state index in [0.29, 0.717) is 5.92 Å². The van der Waals surface area contributed by atoms with Gasteiger partial charge in [-0.25, -0.2) is 0 Å². The molecule has 3 atom stereocenters. The van der Waals surface area contributed by atoms with E-state index in [1.165, 1.54) is 0 Å². The molecule has 1 fully saturated rings. The van der Waals surface area contributed by atoms with E-state index in [4.69, 9.17) is 5.11 Å². The van der Waals surface area contributed by atoms with Gasteiger partial charge >= 0.3 is 5.97 Å². The van der Waals surface area contributed by atoms with Crippen LogP contribution in [0.15, 0.2) is 0 Å². The van der Waals surface area contributed by atoms with Gasteiger partial charge in [-0.15, -0.1) is 0 Å². The van der Waals surface area contributed by atoms with Crippen LogP contribution in [0.3, 0.4) is 0 Å². The molecule has 3 heteroatoms. The van der Waals surface area contributed by atoms with Crippen molar-refractivity contribution in [2.45, 2.75) is 52.0 Å². The van der Waals surface area contributed by atoms with E-state index in [1.807, 2.05) is 6.92 Å². The fourth-order valence-corrected chi connectivity index (χ4v) is 2.91. The summed E-state index contributed by atoms with van der Waals surface area (Å²) < 4.78 is 0. The Morgan fingerprint density at radius 3 is 2.67 bits per heavy atom. The van der Waals surface area contributed by atoms with E-state index in [1.54, 1.807) is 0 Å². The van der Waals surface area contributed by atoms with Crippen molar-refractivity contribution >= 4 is 5.97 Å². The third-order valence-corrected chi connectivity index (χ3v) is 3.78. The molecule has 1 rings (SSSR count). The molecule has 1 aliphatic carbocycles. The van der Waals surface area contributed by atoms with Crippen LogP contribution in [0.5, 0.6) is 0 Å². The van der Waals surface area contributed by atoms with Gasteiger partial charge in [0.1, 0.15) is 0 Å². The summed E-state index contributed by atoms with van der Waals surface area (Å²) in [5, 5.41) is 12.4. The van der Waals surface area contributed by atoms with Gasteiger partial charge in [0.25, 0.3) is 0 Å². The molecule has 3 nitrogen and oxygen atoms in total. The normalized spacial score (nSPS) is 36.5. The SMILES string of the molecule is CCNC1(CC(=O)O)CCC(C)CC1C. The summed E-state index contributed by atoms with van der Waals surface area (Å²) >= 11 is 0. The number of carbonyl (C=O) groups is 1. The van der Waals surface area contributed by atoms with Crippen molar-refractivity contribution < 1.29 is 9.90 Å². The van der Waals surface area contributed by atoms with E-state index in [9.17, 15) is 4.79 Å². The molecular formula is C12H23NO2. The maximum atomic E-state index is 10.9. The summed E-state index contributed by atoms with van der Waals surface area (Å²) in [6, 6.07) is 0. The minimum Gasteiger partial charge on any atom is -0.481 e. The molecule has 0 spiro atoms. The van der Waals surface area contributed by atoms with Crippen LogP contribution < -0.4 is 5.32 Å². The van der Waals surface area contributed by atoms with Gasteiger partial charge in [0, 0.05) is 5.54 Å². The molecule has 1 saturated carbocycles. The molecule has 2 N–H and O–H groups in total. The first-order chi connectivity index (χ1) is 7.00. The van der Waals surface area contributed by atoms with E-state index >= 15 is 0 Å². The highest BCUT2D eigenvalue weighted by Crippen LogP contribution is 2.38. The van der Waals surface area contributed by atoms with Crippen molar-refractivity contribution in [3.05, 3.63) is 0 Å². The van der Waals surface area contributed by atoms with E-state index in [2.05, 4.69) is 19.2 Å². The molecule has 0 aromatic carbocycles. The maximum absolute atomic E-state index is 10.9. The zero-order valence-electron chi connectivity index (χ0n) is 10.0. The lowest BCUT2D eigenvalue weighted by Gasteiger charge is -2.44. The van der Waals surface area contributed by atoms with Gasteiger partial charge in [-0.1, -0.05) is 20.8 Å². The Balaban J connectivity index is 2.74. The number of nitrogens with one attached hydrogen (secondary N) is 1. The predicted octanol–water partition coefficient (Wildman–Crippen LogP) is 2.27. The van der Waals surface area contributed by atoms with Gasteiger partial charge in [-0.2, -0.15) is 0 Å². The highest BCUT2D eigenvalue weighted by molar-refractivity contribution is 5.68. The Bertz CT molecular complexity index is 230. The second-order valence-corrected chi connectivity index (χ2v) is 5.04. The summed E-state index contributed by atoms with van der Waals surface area (Å²) in [6.07, 6.45) is 3.54.